The standard InChI is InChI=1S/C4H4N4/c5-1-4-7-2-3(6)8-4/h2H,6H2,(H,7,8). The largest absolute Gasteiger partial charge is 0.382 e. The molecule has 1 heterocycles. The van der Waals surface area contributed by atoms with E-state index in [1.807, 2.05) is 0 Å². The van der Waals surface area contributed by atoms with Crippen molar-refractivity contribution in [1.29, 1.82) is 5.26 Å². The molecular formula is C4H4N4. The highest BCUT2D eigenvalue weighted by molar-refractivity contribution is 5.28. The molecule has 4 heteroatoms. The van der Waals surface area contributed by atoms with Crippen LogP contribution in [0, 0.1) is 11.3 Å². The van der Waals surface area contributed by atoms with Crippen LogP contribution in [0.15, 0.2) is 6.20 Å². The van der Waals surface area contributed by atoms with Gasteiger partial charge in [-0.05, 0) is 0 Å². The van der Waals surface area contributed by atoms with Gasteiger partial charge in [-0.2, -0.15) is 5.26 Å². The molecule has 0 radical (unpaired) electrons. The summed E-state index contributed by atoms with van der Waals surface area (Å²) in [7, 11) is 0. The van der Waals surface area contributed by atoms with Crippen LogP contribution >= 0.6 is 0 Å². The molecule has 40 valence electrons. The van der Waals surface area contributed by atoms with E-state index in [2.05, 4.69) is 9.97 Å². The average Bonchev–Trinajstić information content (AvgIpc) is 2.14. The minimum absolute atomic E-state index is 0.252. The lowest BCUT2D eigenvalue weighted by Gasteiger charge is -1.70. The number of rotatable bonds is 0. The quantitative estimate of drug-likeness (QED) is 0.485. The van der Waals surface area contributed by atoms with E-state index in [0.29, 0.717) is 5.82 Å². The highest BCUT2D eigenvalue weighted by atomic mass is 15.0. The van der Waals surface area contributed by atoms with E-state index in [1.54, 1.807) is 6.07 Å². The SMILES string of the molecule is N#Cc1nc(N)c[nH]1. The Kier molecular flexibility index (Phi) is 0.897. The van der Waals surface area contributed by atoms with Crippen molar-refractivity contribution in [3.63, 3.8) is 0 Å². The Morgan fingerprint density at radius 1 is 1.88 bits per heavy atom. The molecule has 0 amide bonds. The number of imidazole rings is 1. The van der Waals surface area contributed by atoms with Gasteiger partial charge < -0.3 is 10.7 Å². The first-order valence-electron chi connectivity index (χ1n) is 2.04. The summed E-state index contributed by atoms with van der Waals surface area (Å²) in [5.41, 5.74) is 5.16. The van der Waals surface area contributed by atoms with E-state index in [4.69, 9.17) is 11.0 Å². The second kappa shape index (κ2) is 1.54. The second-order valence-electron chi connectivity index (χ2n) is 1.29. The lowest BCUT2D eigenvalue weighted by Crippen LogP contribution is -1.82. The van der Waals surface area contributed by atoms with Gasteiger partial charge in [0.1, 0.15) is 11.9 Å². The maximum atomic E-state index is 8.15. The third-order valence-electron chi connectivity index (χ3n) is 0.704. The Morgan fingerprint density at radius 2 is 2.62 bits per heavy atom. The number of aromatic nitrogens is 2. The van der Waals surface area contributed by atoms with Crippen molar-refractivity contribution < 1.29 is 0 Å². The summed E-state index contributed by atoms with van der Waals surface area (Å²) in [5.74, 6) is 0.601. The summed E-state index contributed by atoms with van der Waals surface area (Å²) in [5, 5.41) is 8.15. The molecular weight excluding hydrogens is 104 g/mol. The normalized spacial score (nSPS) is 8.38. The predicted molar refractivity (Wildman–Crippen MR) is 27.7 cm³/mol. The zero-order valence-electron chi connectivity index (χ0n) is 4.05. The molecule has 3 N–H and O–H groups in total. The third kappa shape index (κ3) is 0.611. The molecule has 0 atom stereocenters. The minimum atomic E-state index is 0.252. The monoisotopic (exact) mass is 108 g/mol. The molecule has 1 aromatic heterocycles. The Balaban J connectivity index is 3.05. The van der Waals surface area contributed by atoms with Crippen molar-refractivity contribution >= 4 is 5.82 Å². The first kappa shape index (κ1) is 4.65. The van der Waals surface area contributed by atoms with Crippen molar-refractivity contribution in [3.05, 3.63) is 12.0 Å². The number of hydrogen-bond donors (Lipinski definition) is 2. The summed E-state index contributed by atoms with van der Waals surface area (Å²) in [6.07, 6.45) is 1.47. The van der Waals surface area contributed by atoms with E-state index >= 15 is 0 Å². The topological polar surface area (TPSA) is 78.5 Å². The van der Waals surface area contributed by atoms with Crippen LogP contribution in [0.5, 0.6) is 0 Å². The molecule has 8 heavy (non-hydrogen) atoms. The number of hydrogen-bond acceptors (Lipinski definition) is 3. The molecule has 0 saturated carbocycles. The highest BCUT2D eigenvalue weighted by Crippen LogP contribution is 1.93. The smallest absolute Gasteiger partial charge is 0.212 e. The van der Waals surface area contributed by atoms with Gasteiger partial charge in [-0.15, -0.1) is 0 Å². The molecule has 0 bridgehead atoms. The summed E-state index contributed by atoms with van der Waals surface area (Å²) >= 11 is 0. The number of nitrogens with one attached hydrogen (secondary N) is 1. The van der Waals surface area contributed by atoms with Gasteiger partial charge in [-0.1, -0.05) is 0 Å². The molecule has 4 nitrogen and oxygen atoms in total. The predicted octanol–water partition coefficient (Wildman–Crippen LogP) is -0.136. The van der Waals surface area contributed by atoms with Gasteiger partial charge in [0.25, 0.3) is 0 Å². The number of nitrogens with zero attached hydrogens (tertiary/aromatic N) is 2. The van der Waals surface area contributed by atoms with Crippen LogP contribution in [0.25, 0.3) is 0 Å². The molecule has 0 aliphatic heterocycles. The zero-order valence-corrected chi connectivity index (χ0v) is 4.05. The Labute approximate surface area is 46.0 Å². The molecule has 0 unspecified atom stereocenters. The number of H-pyrrole nitrogens is 1. The number of nitriles is 1. The average molecular weight is 108 g/mol. The van der Waals surface area contributed by atoms with Gasteiger partial charge in [0.15, 0.2) is 0 Å². The number of anilines is 1. The fourth-order valence-electron chi connectivity index (χ4n) is 0.393. The lowest BCUT2D eigenvalue weighted by atomic mass is 10.7. The van der Waals surface area contributed by atoms with E-state index in [1.165, 1.54) is 6.20 Å². The van der Waals surface area contributed by atoms with Gasteiger partial charge in [0, 0.05) is 6.20 Å². The van der Waals surface area contributed by atoms with Crippen molar-refractivity contribution in [2.75, 3.05) is 5.73 Å². The number of aromatic amines is 1. The van der Waals surface area contributed by atoms with E-state index in [0.717, 1.165) is 0 Å². The molecule has 0 aromatic carbocycles. The molecule has 1 aromatic rings. The molecule has 0 saturated heterocycles. The summed E-state index contributed by atoms with van der Waals surface area (Å²) in [6.45, 7) is 0. The van der Waals surface area contributed by atoms with E-state index < -0.39 is 0 Å². The Morgan fingerprint density at radius 3 is 2.88 bits per heavy atom. The maximum Gasteiger partial charge on any atom is 0.212 e. The van der Waals surface area contributed by atoms with E-state index in [-0.39, 0.29) is 5.82 Å². The first-order chi connectivity index (χ1) is 3.83. The summed E-state index contributed by atoms with van der Waals surface area (Å²) in [4.78, 5) is 6.15. The zero-order chi connectivity index (χ0) is 5.98. The number of nitrogen functional groups attached to an aromatic ring is 1. The van der Waals surface area contributed by atoms with Gasteiger partial charge in [0.05, 0.1) is 0 Å². The van der Waals surface area contributed by atoms with Gasteiger partial charge in [0.2, 0.25) is 5.82 Å². The van der Waals surface area contributed by atoms with Crippen LogP contribution in [0.2, 0.25) is 0 Å². The van der Waals surface area contributed by atoms with Crippen LogP contribution in [0.3, 0.4) is 0 Å². The van der Waals surface area contributed by atoms with Gasteiger partial charge >= 0.3 is 0 Å². The fraction of sp³-hybridized carbons (Fsp3) is 0. The van der Waals surface area contributed by atoms with Crippen molar-refractivity contribution in [3.8, 4) is 6.07 Å². The molecule has 0 aliphatic rings. The molecule has 0 aliphatic carbocycles. The van der Waals surface area contributed by atoms with Crippen LogP contribution < -0.4 is 5.73 Å². The second-order valence-corrected chi connectivity index (χ2v) is 1.29. The van der Waals surface area contributed by atoms with E-state index in [9.17, 15) is 0 Å². The molecule has 0 spiro atoms. The third-order valence-corrected chi connectivity index (χ3v) is 0.704. The highest BCUT2D eigenvalue weighted by Gasteiger charge is 1.90. The number of nitrogens with two attached hydrogens (primary N) is 1. The fourth-order valence-corrected chi connectivity index (χ4v) is 0.393. The molecule has 1 rings (SSSR count). The van der Waals surface area contributed by atoms with Crippen LogP contribution in [0.1, 0.15) is 5.82 Å². The van der Waals surface area contributed by atoms with Crippen LogP contribution in [-0.2, 0) is 0 Å². The van der Waals surface area contributed by atoms with Crippen molar-refractivity contribution in [1.82, 2.24) is 9.97 Å². The first-order valence-corrected chi connectivity index (χ1v) is 2.04. The maximum absolute atomic E-state index is 8.15. The summed E-state index contributed by atoms with van der Waals surface area (Å²) in [6, 6.07) is 1.80. The summed E-state index contributed by atoms with van der Waals surface area (Å²) < 4.78 is 0. The minimum Gasteiger partial charge on any atom is -0.382 e. The Hall–Kier alpha value is -1.50. The van der Waals surface area contributed by atoms with Crippen LogP contribution in [-0.4, -0.2) is 9.97 Å². The lowest BCUT2D eigenvalue weighted by molar-refractivity contribution is 1.23. The Bertz CT molecular complexity index is 218. The van der Waals surface area contributed by atoms with Crippen LogP contribution in [0.4, 0.5) is 5.82 Å². The molecule has 0 fully saturated rings. The van der Waals surface area contributed by atoms with Gasteiger partial charge in [-0.3, -0.25) is 0 Å². The van der Waals surface area contributed by atoms with Gasteiger partial charge in [-0.25, -0.2) is 4.98 Å². The van der Waals surface area contributed by atoms with Crippen molar-refractivity contribution in [2.24, 2.45) is 0 Å². The van der Waals surface area contributed by atoms with Crippen molar-refractivity contribution in [2.45, 2.75) is 0 Å².